The predicted molar refractivity (Wildman–Crippen MR) is 95.1 cm³/mol. The van der Waals surface area contributed by atoms with Crippen LogP contribution in [0.15, 0.2) is 53.4 Å². The molecule has 4 rings (SSSR count). The summed E-state index contributed by atoms with van der Waals surface area (Å²) in [5, 5.41) is 5.78. The van der Waals surface area contributed by atoms with E-state index < -0.39 is 9.84 Å². The van der Waals surface area contributed by atoms with Gasteiger partial charge in [-0.1, -0.05) is 30.3 Å². The third-order valence-electron chi connectivity index (χ3n) is 4.99. The zero-order valence-electron chi connectivity index (χ0n) is 14.0. The first kappa shape index (κ1) is 17.0. The Morgan fingerprint density at radius 2 is 1.88 bits per heavy atom. The number of sulfone groups is 1. The lowest BCUT2D eigenvalue weighted by molar-refractivity contribution is 0.235. The highest BCUT2D eigenvalue weighted by atomic mass is 32.2. The monoisotopic (exact) mass is 374 g/mol. The molecule has 5 nitrogen and oxygen atoms in total. The smallest absolute Gasteiger partial charge is 0.315 e. The molecule has 1 saturated carbocycles. The molecule has 0 radical (unpaired) electrons. The summed E-state index contributed by atoms with van der Waals surface area (Å²) in [5.41, 5.74) is 1.51. The van der Waals surface area contributed by atoms with E-state index in [4.69, 9.17) is 0 Å². The molecule has 2 N–H and O–H groups in total. The average molecular weight is 374 g/mol. The Balaban J connectivity index is 1.41. The maximum Gasteiger partial charge on any atom is 0.315 e. The Hall–Kier alpha value is -2.41. The van der Waals surface area contributed by atoms with Gasteiger partial charge in [-0.05, 0) is 42.2 Å². The number of hydrogen-bond donors (Lipinski definition) is 2. The normalized spacial score (nSPS) is 25.8. The Morgan fingerprint density at radius 3 is 2.69 bits per heavy atom. The van der Waals surface area contributed by atoms with Gasteiger partial charge in [0.05, 0.1) is 16.7 Å². The molecular weight excluding hydrogens is 355 g/mol. The molecule has 1 fully saturated rings. The van der Waals surface area contributed by atoms with Crippen LogP contribution >= 0.6 is 0 Å². The maximum atomic E-state index is 13.3. The van der Waals surface area contributed by atoms with Crippen molar-refractivity contribution in [2.45, 2.75) is 35.7 Å². The molecular formula is C19H19FN2O3S. The summed E-state index contributed by atoms with van der Waals surface area (Å²) in [6, 6.07) is 12.5. The summed E-state index contributed by atoms with van der Waals surface area (Å²) in [5.74, 6) is -0.141. The van der Waals surface area contributed by atoms with E-state index in [0.717, 1.165) is 12.0 Å². The summed E-state index contributed by atoms with van der Waals surface area (Å²) in [4.78, 5) is 12.6. The van der Waals surface area contributed by atoms with Gasteiger partial charge >= 0.3 is 6.03 Å². The molecule has 0 bridgehead atoms. The Morgan fingerprint density at radius 1 is 1.08 bits per heavy atom. The molecule has 3 atom stereocenters. The number of rotatable bonds is 3. The largest absolute Gasteiger partial charge is 0.335 e. The van der Waals surface area contributed by atoms with E-state index in [2.05, 4.69) is 10.6 Å². The van der Waals surface area contributed by atoms with Gasteiger partial charge in [0.1, 0.15) is 5.82 Å². The zero-order chi connectivity index (χ0) is 18.3. The number of carbonyl (C=O) groups is 1. The first-order chi connectivity index (χ1) is 12.4. The minimum atomic E-state index is -3.28. The summed E-state index contributed by atoms with van der Waals surface area (Å²) < 4.78 is 37.6. The Kier molecular flexibility index (Phi) is 4.19. The Bertz CT molecular complexity index is 961. The second kappa shape index (κ2) is 6.39. The number of benzene rings is 2. The Labute approximate surface area is 151 Å². The molecule has 2 aliphatic rings. The molecule has 0 saturated heterocycles. The molecule has 2 aromatic rings. The molecule has 0 aromatic heterocycles. The quantitative estimate of drug-likeness (QED) is 0.867. The van der Waals surface area contributed by atoms with E-state index >= 15 is 0 Å². The first-order valence-electron chi connectivity index (χ1n) is 8.58. The molecule has 2 aromatic carbocycles. The van der Waals surface area contributed by atoms with Crippen LogP contribution in [0.25, 0.3) is 0 Å². The van der Waals surface area contributed by atoms with Crippen LogP contribution in [-0.2, 0) is 9.84 Å². The van der Waals surface area contributed by atoms with Crippen LogP contribution in [0.2, 0.25) is 0 Å². The van der Waals surface area contributed by atoms with Gasteiger partial charge in [0.15, 0.2) is 9.84 Å². The fourth-order valence-corrected chi connectivity index (χ4v) is 5.19. The van der Waals surface area contributed by atoms with Crippen molar-refractivity contribution in [3.05, 3.63) is 65.5 Å². The van der Waals surface area contributed by atoms with Crippen LogP contribution in [0.5, 0.6) is 0 Å². The molecule has 1 aliphatic carbocycles. The minimum Gasteiger partial charge on any atom is -0.335 e. The lowest BCUT2D eigenvalue weighted by Gasteiger charge is -2.26. The summed E-state index contributed by atoms with van der Waals surface area (Å²) in [7, 11) is -3.28. The van der Waals surface area contributed by atoms with E-state index in [1.54, 1.807) is 30.3 Å². The van der Waals surface area contributed by atoms with E-state index in [1.807, 2.05) is 6.07 Å². The predicted octanol–water partition coefficient (Wildman–Crippen LogP) is 2.90. The minimum absolute atomic E-state index is 0.0182. The van der Waals surface area contributed by atoms with E-state index in [1.165, 1.54) is 12.1 Å². The average Bonchev–Trinajstić information content (AvgIpc) is 3.37. The summed E-state index contributed by atoms with van der Waals surface area (Å²) in [6.07, 6.45) is 1.12. The van der Waals surface area contributed by atoms with Crippen LogP contribution in [0.3, 0.4) is 0 Å². The standard InChI is InChI=1S/C19H19FN2O3S/c20-13-5-3-4-12(10-13)15-11-17(15)22-19(23)21-16-8-9-26(24,25)18-7-2-1-6-14(16)18/h1-7,10,15-17H,8-9,11H2,(H2,21,22,23)/t15-,16+,17+/m0/s1. The van der Waals surface area contributed by atoms with Crippen LogP contribution in [0.4, 0.5) is 9.18 Å². The summed E-state index contributed by atoms with van der Waals surface area (Å²) in [6.45, 7) is 0. The van der Waals surface area contributed by atoms with Crippen molar-refractivity contribution < 1.29 is 17.6 Å². The van der Waals surface area contributed by atoms with Gasteiger partial charge in [-0.15, -0.1) is 0 Å². The molecule has 1 aliphatic heterocycles. The second-order valence-corrected chi connectivity index (χ2v) is 8.90. The molecule has 2 amide bonds. The van der Waals surface area contributed by atoms with E-state index in [0.29, 0.717) is 16.9 Å². The van der Waals surface area contributed by atoms with Gasteiger partial charge in [-0.25, -0.2) is 17.6 Å². The highest BCUT2D eigenvalue weighted by Crippen LogP contribution is 2.41. The van der Waals surface area contributed by atoms with Crippen LogP contribution in [0, 0.1) is 5.82 Å². The number of urea groups is 1. The molecule has 136 valence electrons. The fourth-order valence-electron chi connectivity index (χ4n) is 3.57. The van der Waals surface area contributed by atoms with Crippen molar-refractivity contribution in [2.24, 2.45) is 0 Å². The molecule has 0 unspecified atom stereocenters. The fraction of sp³-hybridized carbons (Fsp3) is 0.316. The van der Waals surface area contributed by atoms with Gasteiger partial charge in [0, 0.05) is 12.0 Å². The number of carbonyl (C=O) groups excluding carboxylic acids is 1. The van der Waals surface area contributed by atoms with E-state index in [9.17, 15) is 17.6 Å². The topological polar surface area (TPSA) is 75.3 Å². The number of nitrogens with one attached hydrogen (secondary N) is 2. The highest BCUT2D eigenvalue weighted by Gasteiger charge is 2.40. The number of fused-ring (bicyclic) bond motifs is 1. The maximum absolute atomic E-state index is 13.3. The SMILES string of the molecule is O=C(N[C@@H]1CCS(=O)(=O)c2ccccc21)N[C@@H]1C[C@H]1c1cccc(F)c1. The van der Waals surface area contributed by atoms with Crippen molar-refractivity contribution in [3.8, 4) is 0 Å². The van der Waals surface area contributed by atoms with Crippen LogP contribution in [-0.4, -0.2) is 26.2 Å². The molecule has 1 heterocycles. The number of amides is 2. The van der Waals surface area contributed by atoms with Crippen molar-refractivity contribution in [1.29, 1.82) is 0 Å². The van der Waals surface area contributed by atoms with Crippen LogP contribution in [0.1, 0.15) is 35.9 Å². The van der Waals surface area contributed by atoms with Gasteiger partial charge < -0.3 is 10.6 Å². The number of halogens is 1. The molecule has 7 heteroatoms. The molecule has 0 spiro atoms. The van der Waals surface area contributed by atoms with Gasteiger partial charge in [-0.3, -0.25) is 0 Å². The second-order valence-electron chi connectivity index (χ2n) is 6.82. The van der Waals surface area contributed by atoms with Crippen molar-refractivity contribution in [1.82, 2.24) is 10.6 Å². The van der Waals surface area contributed by atoms with Crippen molar-refractivity contribution in [3.63, 3.8) is 0 Å². The molecule has 26 heavy (non-hydrogen) atoms. The van der Waals surface area contributed by atoms with Crippen molar-refractivity contribution >= 4 is 15.9 Å². The first-order valence-corrected chi connectivity index (χ1v) is 10.2. The highest BCUT2D eigenvalue weighted by molar-refractivity contribution is 7.91. The van der Waals surface area contributed by atoms with E-state index in [-0.39, 0.29) is 35.6 Å². The summed E-state index contributed by atoms with van der Waals surface area (Å²) >= 11 is 0. The zero-order valence-corrected chi connectivity index (χ0v) is 14.8. The van der Waals surface area contributed by atoms with Gasteiger partial charge in [0.2, 0.25) is 0 Å². The lowest BCUT2D eigenvalue weighted by Crippen LogP contribution is -2.41. The number of hydrogen-bond acceptors (Lipinski definition) is 3. The van der Waals surface area contributed by atoms with Gasteiger partial charge in [-0.2, -0.15) is 0 Å². The third kappa shape index (κ3) is 3.31. The lowest BCUT2D eigenvalue weighted by atomic mass is 10.0. The third-order valence-corrected chi connectivity index (χ3v) is 6.81. The van der Waals surface area contributed by atoms with Crippen LogP contribution < -0.4 is 10.6 Å². The van der Waals surface area contributed by atoms with Gasteiger partial charge in [0.25, 0.3) is 0 Å². The van der Waals surface area contributed by atoms with Crippen molar-refractivity contribution in [2.75, 3.05) is 5.75 Å².